The average molecular weight is 413 g/mol. The van der Waals surface area contributed by atoms with Crippen LogP contribution in [0.15, 0.2) is 17.3 Å². The Balaban J connectivity index is 1.85. The summed E-state index contributed by atoms with van der Waals surface area (Å²) in [6.45, 7) is 4.77. The molecular weight excluding hydrogens is 386 g/mol. The van der Waals surface area contributed by atoms with E-state index in [1.807, 2.05) is 0 Å². The van der Waals surface area contributed by atoms with Gasteiger partial charge in [-0.15, -0.1) is 11.8 Å². The summed E-state index contributed by atoms with van der Waals surface area (Å²) >= 11 is 1.36. The number of rotatable bonds is 12. The molecule has 1 aromatic rings. The van der Waals surface area contributed by atoms with Gasteiger partial charge in [0.05, 0.1) is 45.8 Å². The lowest BCUT2D eigenvalue weighted by Gasteiger charge is -2.15. The van der Waals surface area contributed by atoms with Crippen LogP contribution in [0.1, 0.15) is 12.6 Å². The number of ether oxygens (including phenoxy) is 4. The molecule has 2 N–H and O–H groups in total. The van der Waals surface area contributed by atoms with Gasteiger partial charge in [0.1, 0.15) is 10.7 Å². The second-order valence-electron chi connectivity index (χ2n) is 6.17. The third kappa shape index (κ3) is 6.06. The average Bonchev–Trinajstić information content (AvgIpc) is 3.10. The smallest absolute Gasteiger partial charge is 0.334 e. The Morgan fingerprint density at radius 3 is 2.68 bits per heavy atom. The zero-order valence-corrected chi connectivity index (χ0v) is 17.2. The number of carbonyl (C=O) groups is 1. The van der Waals surface area contributed by atoms with Gasteiger partial charge >= 0.3 is 5.97 Å². The number of carbonyl (C=O) groups excluding carboxylic acids is 1. The Morgan fingerprint density at radius 2 is 1.96 bits per heavy atom. The Kier molecular flexibility index (Phi) is 8.97. The lowest BCUT2D eigenvalue weighted by molar-refractivity contribution is -0.145. The molecule has 0 radical (unpaired) electrons. The maximum absolute atomic E-state index is 11.9. The Morgan fingerprint density at radius 1 is 1.25 bits per heavy atom. The second kappa shape index (κ2) is 11.2. The largest absolute Gasteiger partial charge is 0.504 e. The number of anilines is 1. The van der Waals surface area contributed by atoms with E-state index in [9.17, 15) is 9.90 Å². The van der Waals surface area contributed by atoms with Crippen LogP contribution in [0.4, 0.5) is 5.69 Å². The maximum Gasteiger partial charge on any atom is 0.334 e. The van der Waals surface area contributed by atoms with Crippen molar-refractivity contribution in [3.8, 4) is 5.75 Å². The monoisotopic (exact) mass is 413 g/mol. The number of aliphatic imine (C=N–C) groups is 1. The molecule has 2 rings (SSSR count). The van der Waals surface area contributed by atoms with Crippen molar-refractivity contribution in [2.75, 3.05) is 64.9 Å². The summed E-state index contributed by atoms with van der Waals surface area (Å²) in [4.78, 5) is 20.5. The first-order valence-electron chi connectivity index (χ1n) is 8.89. The number of thioether (sulfide) groups is 1. The predicted molar refractivity (Wildman–Crippen MR) is 107 cm³/mol. The molecule has 0 spiro atoms. The van der Waals surface area contributed by atoms with Gasteiger partial charge < -0.3 is 29.4 Å². The van der Waals surface area contributed by atoms with Crippen molar-refractivity contribution in [1.82, 2.24) is 4.98 Å². The van der Waals surface area contributed by atoms with E-state index in [1.165, 1.54) is 18.9 Å². The van der Waals surface area contributed by atoms with Crippen molar-refractivity contribution in [3.05, 3.63) is 18.0 Å². The molecule has 0 aromatic carbocycles. The van der Waals surface area contributed by atoms with Crippen LogP contribution in [0.25, 0.3) is 0 Å². The van der Waals surface area contributed by atoms with Gasteiger partial charge in [0.15, 0.2) is 11.3 Å². The first-order valence-corrected chi connectivity index (χ1v) is 9.88. The molecule has 9 nitrogen and oxygen atoms in total. The third-order valence-electron chi connectivity index (χ3n) is 3.96. The number of aromatic hydroxyl groups is 1. The van der Waals surface area contributed by atoms with Crippen LogP contribution in [0.5, 0.6) is 5.75 Å². The predicted octanol–water partition coefficient (Wildman–Crippen LogP) is 1.30. The first kappa shape index (κ1) is 22.4. The molecule has 10 heteroatoms. The topological polar surface area (TPSA) is 112 Å². The molecule has 156 valence electrons. The highest BCUT2D eigenvalue weighted by atomic mass is 32.2. The van der Waals surface area contributed by atoms with Crippen LogP contribution in [0.2, 0.25) is 0 Å². The number of nitrogens with zero attached hydrogens (tertiary/aromatic N) is 2. The van der Waals surface area contributed by atoms with Crippen molar-refractivity contribution in [3.63, 3.8) is 0 Å². The minimum Gasteiger partial charge on any atom is -0.504 e. The van der Waals surface area contributed by atoms with E-state index < -0.39 is 11.5 Å². The van der Waals surface area contributed by atoms with E-state index in [0.717, 1.165) is 0 Å². The fourth-order valence-electron chi connectivity index (χ4n) is 2.42. The van der Waals surface area contributed by atoms with Gasteiger partial charge in [0, 0.05) is 25.6 Å². The van der Waals surface area contributed by atoms with Crippen molar-refractivity contribution in [1.29, 1.82) is 0 Å². The van der Waals surface area contributed by atoms with Crippen LogP contribution < -0.4 is 5.32 Å². The zero-order chi connectivity index (χ0) is 20.4. The number of aromatic nitrogens is 1. The van der Waals surface area contributed by atoms with Gasteiger partial charge in [0.2, 0.25) is 0 Å². The summed E-state index contributed by atoms with van der Waals surface area (Å²) in [7, 11) is 2.96. The number of methoxy groups -OCH3 is 2. The molecule has 0 saturated heterocycles. The fourth-order valence-corrected chi connectivity index (χ4v) is 3.57. The number of pyridine rings is 1. The van der Waals surface area contributed by atoms with Crippen LogP contribution in [0, 0.1) is 0 Å². The van der Waals surface area contributed by atoms with Gasteiger partial charge in [-0.05, 0) is 13.0 Å². The van der Waals surface area contributed by atoms with Crippen LogP contribution in [0.3, 0.4) is 0 Å². The van der Waals surface area contributed by atoms with Gasteiger partial charge in [-0.1, -0.05) is 0 Å². The molecule has 1 aliphatic heterocycles. The van der Waals surface area contributed by atoms with Gasteiger partial charge in [0.25, 0.3) is 0 Å². The molecule has 0 bridgehead atoms. The van der Waals surface area contributed by atoms with E-state index in [2.05, 4.69) is 15.3 Å². The molecule has 2 heterocycles. The molecule has 28 heavy (non-hydrogen) atoms. The van der Waals surface area contributed by atoms with E-state index in [-0.39, 0.29) is 5.75 Å². The summed E-state index contributed by atoms with van der Waals surface area (Å²) in [5, 5.41) is 14.2. The Hall–Kier alpha value is -1.88. The summed E-state index contributed by atoms with van der Waals surface area (Å²) < 4.78 is 20.5. The Labute approximate surface area is 168 Å². The number of esters is 1. The van der Waals surface area contributed by atoms with Crippen molar-refractivity contribution in [2.45, 2.75) is 12.5 Å². The summed E-state index contributed by atoms with van der Waals surface area (Å²) in [6.07, 6.45) is 1.58. The van der Waals surface area contributed by atoms with Crippen LogP contribution >= 0.6 is 11.8 Å². The van der Waals surface area contributed by atoms with E-state index >= 15 is 0 Å². The summed E-state index contributed by atoms with van der Waals surface area (Å²) in [6, 6.07) is 1.67. The highest BCUT2D eigenvalue weighted by molar-refractivity contribution is 8.14. The van der Waals surface area contributed by atoms with E-state index in [4.69, 9.17) is 18.9 Å². The standard InChI is InChI=1S/C18H27N3O6S/c1-18(17(23)25-3)12-28-16(21-18)14-15(22)13(4-5-20-14)19-6-7-26-10-11-27-9-8-24-2/h4-5,22H,6-12H2,1-3H3,(H,19,20)/t18-/m1/s1. The molecule has 0 saturated carbocycles. The second-order valence-corrected chi connectivity index (χ2v) is 7.14. The maximum atomic E-state index is 11.9. The van der Waals surface area contributed by atoms with Gasteiger partial charge in [-0.2, -0.15) is 0 Å². The van der Waals surface area contributed by atoms with Crippen LogP contribution in [-0.2, 0) is 23.7 Å². The summed E-state index contributed by atoms with van der Waals surface area (Å²) in [5.41, 5.74) is -0.0964. The number of nitrogens with one attached hydrogen (secondary N) is 1. The van der Waals surface area contributed by atoms with Gasteiger partial charge in [-0.25, -0.2) is 9.78 Å². The molecule has 1 atom stereocenters. The Bertz CT molecular complexity index is 687. The molecule has 1 aromatic heterocycles. The zero-order valence-electron chi connectivity index (χ0n) is 16.4. The lowest BCUT2D eigenvalue weighted by atomic mass is 10.1. The number of hydrogen-bond donors (Lipinski definition) is 2. The number of hydrogen-bond acceptors (Lipinski definition) is 10. The molecule has 0 amide bonds. The quantitative estimate of drug-likeness (QED) is 0.387. The third-order valence-corrected chi connectivity index (χ3v) is 5.22. The molecule has 1 aliphatic rings. The highest BCUT2D eigenvalue weighted by Gasteiger charge is 2.40. The van der Waals surface area contributed by atoms with Gasteiger partial charge in [-0.3, -0.25) is 4.99 Å². The fraction of sp³-hybridized carbons (Fsp3) is 0.611. The molecule has 0 aliphatic carbocycles. The lowest BCUT2D eigenvalue weighted by Crippen LogP contribution is -2.34. The molecule has 0 fully saturated rings. The summed E-state index contributed by atoms with van der Waals surface area (Å²) in [5.74, 6) is 0.0199. The highest BCUT2D eigenvalue weighted by Crippen LogP contribution is 2.36. The van der Waals surface area contributed by atoms with E-state index in [1.54, 1.807) is 26.3 Å². The minimum absolute atomic E-state index is 0.00855. The SMILES string of the molecule is COCCOCCOCCNc1ccnc(C2=N[C@@](C)(C(=O)OC)CS2)c1O. The van der Waals surface area contributed by atoms with Crippen molar-refractivity contribution in [2.24, 2.45) is 4.99 Å². The first-order chi connectivity index (χ1) is 13.5. The molecular formula is C18H27N3O6S. The van der Waals surface area contributed by atoms with Crippen LogP contribution in [-0.4, -0.2) is 86.2 Å². The van der Waals surface area contributed by atoms with Crippen molar-refractivity contribution >= 4 is 28.5 Å². The normalized spacial score (nSPS) is 18.8. The van der Waals surface area contributed by atoms with Crippen molar-refractivity contribution < 1.29 is 28.8 Å². The van der Waals surface area contributed by atoms with E-state index in [0.29, 0.717) is 61.8 Å². The minimum atomic E-state index is -0.967. The molecule has 0 unspecified atom stereocenters.